The Morgan fingerprint density at radius 2 is 1.74 bits per heavy atom. The lowest BCUT2D eigenvalue weighted by molar-refractivity contribution is 0.0522. The monoisotopic (exact) mass is 312 g/mol. The zero-order valence-corrected chi connectivity index (χ0v) is 13.6. The summed E-state index contributed by atoms with van der Waals surface area (Å²) >= 11 is 0. The number of ether oxygens (including phenoxy) is 2. The van der Waals surface area contributed by atoms with Gasteiger partial charge in [0.15, 0.2) is 5.78 Å². The summed E-state index contributed by atoms with van der Waals surface area (Å²) in [5.41, 5.74) is 2.43. The van der Waals surface area contributed by atoms with Crippen molar-refractivity contribution < 1.29 is 19.1 Å². The highest BCUT2D eigenvalue weighted by Crippen LogP contribution is 2.25. The molecule has 0 aliphatic heterocycles. The molecule has 4 nitrogen and oxygen atoms in total. The van der Waals surface area contributed by atoms with E-state index in [1.165, 1.54) is 6.92 Å². The van der Waals surface area contributed by atoms with Crippen molar-refractivity contribution in [2.24, 2.45) is 0 Å². The molecule has 0 saturated carbocycles. The van der Waals surface area contributed by atoms with E-state index in [-0.39, 0.29) is 18.0 Å². The van der Waals surface area contributed by atoms with Crippen molar-refractivity contribution in [2.75, 3.05) is 6.61 Å². The van der Waals surface area contributed by atoms with E-state index in [1.54, 1.807) is 19.1 Å². The molecule has 4 heteroatoms. The molecule has 23 heavy (non-hydrogen) atoms. The van der Waals surface area contributed by atoms with Crippen LogP contribution in [-0.2, 0) is 11.3 Å². The topological polar surface area (TPSA) is 52.6 Å². The van der Waals surface area contributed by atoms with Crippen LogP contribution in [0.3, 0.4) is 0 Å². The number of carbonyl (C=O) groups excluding carboxylic acids is 2. The number of benzene rings is 2. The first-order chi connectivity index (χ1) is 11.0. The van der Waals surface area contributed by atoms with Crippen LogP contribution in [0.1, 0.15) is 45.7 Å². The lowest BCUT2D eigenvalue weighted by atomic mass is 10.0. The highest BCUT2D eigenvalue weighted by atomic mass is 16.5. The van der Waals surface area contributed by atoms with Gasteiger partial charge in [0.1, 0.15) is 12.4 Å². The second kappa shape index (κ2) is 7.58. The van der Waals surface area contributed by atoms with Gasteiger partial charge in [-0.25, -0.2) is 4.79 Å². The third kappa shape index (κ3) is 4.19. The third-order valence-electron chi connectivity index (χ3n) is 3.43. The molecule has 0 aliphatic rings. The smallest absolute Gasteiger partial charge is 0.338 e. The standard InChI is InChI=1S/C19H20O4/c1-4-22-19(21)17-11-18(13(2)10-16(17)14(3)20)23-12-15-8-6-5-7-9-15/h5-11H,4,12H2,1-3H3. The maximum atomic E-state index is 12.1. The summed E-state index contributed by atoms with van der Waals surface area (Å²) in [4.78, 5) is 23.8. The van der Waals surface area contributed by atoms with E-state index in [0.717, 1.165) is 11.1 Å². The fourth-order valence-electron chi connectivity index (χ4n) is 2.25. The highest BCUT2D eigenvalue weighted by Gasteiger charge is 2.18. The Hall–Kier alpha value is -2.62. The first-order valence-electron chi connectivity index (χ1n) is 7.52. The van der Waals surface area contributed by atoms with Gasteiger partial charge in [0.05, 0.1) is 12.2 Å². The van der Waals surface area contributed by atoms with Gasteiger partial charge in [-0.3, -0.25) is 4.79 Å². The van der Waals surface area contributed by atoms with Gasteiger partial charge in [0, 0.05) is 5.56 Å². The molecule has 0 N–H and O–H groups in total. The summed E-state index contributed by atoms with van der Waals surface area (Å²) in [6.07, 6.45) is 0. The van der Waals surface area contributed by atoms with E-state index >= 15 is 0 Å². The zero-order valence-electron chi connectivity index (χ0n) is 13.6. The largest absolute Gasteiger partial charge is 0.489 e. The van der Waals surface area contributed by atoms with E-state index in [2.05, 4.69) is 0 Å². The van der Waals surface area contributed by atoms with E-state index in [1.807, 2.05) is 37.3 Å². The van der Waals surface area contributed by atoms with Crippen LogP contribution in [0, 0.1) is 6.92 Å². The Balaban J connectivity index is 2.31. The van der Waals surface area contributed by atoms with Gasteiger partial charge in [0.25, 0.3) is 0 Å². The molecular formula is C19H20O4. The minimum absolute atomic E-state index is 0.175. The second-order valence-electron chi connectivity index (χ2n) is 5.21. The summed E-state index contributed by atoms with van der Waals surface area (Å²) in [6.45, 7) is 5.66. The van der Waals surface area contributed by atoms with Crippen LogP contribution in [-0.4, -0.2) is 18.4 Å². The lowest BCUT2D eigenvalue weighted by Crippen LogP contribution is -2.12. The number of hydrogen-bond donors (Lipinski definition) is 0. The van der Waals surface area contributed by atoms with Crippen LogP contribution >= 0.6 is 0 Å². The van der Waals surface area contributed by atoms with E-state index < -0.39 is 5.97 Å². The van der Waals surface area contributed by atoms with Gasteiger partial charge in [-0.1, -0.05) is 30.3 Å². The first kappa shape index (κ1) is 16.7. The second-order valence-corrected chi connectivity index (χ2v) is 5.21. The summed E-state index contributed by atoms with van der Waals surface area (Å²) in [5, 5.41) is 0. The predicted molar refractivity (Wildman–Crippen MR) is 87.9 cm³/mol. The van der Waals surface area contributed by atoms with Crippen LogP contribution in [0.15, 0.2) is 42.5 Å². The fraction of sp³-hybridized carbons (Fsp3) is 0.263. The van der Waals surface area contributed by atoms with Crippen molar-refractivity contribution >= 4 is 11.8 Å². The summed E-state index contributed by atoms with van der Waals surface area (Å²) in [5.74, 6) is -0.116. The van der Waals surface area contributed by atoms with Gasteiger partial charge in [-0.05, 0) is 44.0 Å². The molecule has 0 spiro atoms. The number of Topliss-reactive ketones (excluding diaryl/α,β-unsaturated/α-hetero) is 1. The molecule has 0 bridgehead atoms. The normalized spacial score (nSPS) is 10.2. The number of esters is 1. The van der Waals surface area contributed by atoms with E-state index in [9.17, 15) is 9.59 Å². The molecule has 120 valence electrons. The minimum atomic E-state index is -0.512. The minimum Gasteiger partial charge on any atom is -0.489 e. The number of carbonyl (C=O) groups is 2. The Morgan fingerprint density at radius 1 is 1.04 bits per heavy atom. The van der Waals surface area contributed by atoms with Crippen molar-refractivity contribution in [3.05, 3.63) is 64.7 Å². The number of rotatable bonds is 6. The van der Waals surface area contributed by atoms with Crippen molar-refractivity contribution in [1.29, 1.82) is 0 Å². The summed E-state index contributed by atoms with van der Waals surface area (Å²) in [7, 11) is 0. The Bertz CT molecular complexity index is 705. The molecule has 0 atom stereocenters. The van der Waals surface area contributed by atoms with Gasteiger partial charge in [-0.15, -0.1) is 0 Å². The number of ketones is 1. The van der Waals surface area contributed by atoms with Gasteiger partial charge in [0.2, 0.25) is 0 Å². The van der Waals surface area contributed by atoms with Crippen LogP contribution in [0.4, 0.5) is 0 Å². The van der Waals surface area contributed by atoms with E-state index in [4.69, 9.17) is 9.47 Å². The van der Waals surface area contributed by atoms with Crippen molar-refractivity contribution in [3.63, 3.8) is 0 Å². The third-order valence-corrected chi connectivity index (χ3v) is 3.43. The molecule has 0 amide bonds. The van der Waals surface area contributed by atoms with Gasteiger partial charge < -0.3 is 9.47 Å². The average molecular weight is 312 g/mol. The van der Waals surface area contributed by atoms with Crippen molar-refractivity contribution in [1.82, 2.24) is 0 Å². The number of hydrogen-bond acceptors (Lipinski definition) is 4. The molecule has 0 heterocycles. The van der Waals surface area contributed by atoms with Crippen molar-refractivity contribution in [3.8, 4) is 5.75 Å². The van der Waals surface area contributed by atoms with E-state index in [0.29, 0.717) is 17.9 Å². The van der Waals surface area contributed by atoms with Crippen molar-refractivity contribution in [2.45, 2.75) is 27.4 Å². The molecule has 0 aliphatic carbocycles. The van der Waals surface area contributed by atoms with Gasteiger partial charge >= 0.3 is 5.97 Å². The molecule has 0 unspecified atom stereocenters. The SMILES string of the molecule is CCOC(=O)c1cc(OCc2ccccc2)c(C)cc1C(C)=O. The summed E-state index contributed by atoms with van der Waals surface area (Å²) in [6, 6.07) is 13.0. The summed E-state index contributed by atoms with van der Waals surface area (Å²) < 4.78 is 10.8. The Morgan fingerprint density at radius 3 is 2.35 bits per heavy atom. The predicted octanol–water partition coefficient (Wildman–Crippen LogP) is 3.95. The van der Waals surface area contributed by atoms with Gasteiger partial charge in [-0.2, -0.15) is 0 Å². The Labute approximate surface area is 136 Å². The van der Waals surface area contributed by atoms with Crippen LogP contribution in [0.25, 0.3) is 0 Å². The molecule has 0 saturated heterocycles. The molecule has 0 radical (unpaired) electrons. The molecular weight excluding hydrogens is 292 g/mol. The number of aryl methyl sites for hydroxylation is 1. The zero-order chi connectivity index (χ0) is 16.8. The molecule has 2 aromatic carbocycles. The van der Waals surface area contributed by atoms with Crippen LogP contribution < -0.4 is 4.74 Å². The van der Waals surface area contributed by atoms with Crippen LogP contribution in [0.5, 0.6) is 5.75 Å². The molecule has 2 aromatic rings. The molecule has 2 rings (SSSR count). The lowest BCUT2D eigenvalue weighted by Gasteiger charge is -2.13. The quantitative estimate of drug-likeness (QED) is 0.598. The molecule has 0 aromatic heterocycles. The Kier molecular flexibility index (Phi) is 5.52. The maximum Gasteiger partial charge on any atom is 0.338 e. The molecule has 0 fully saturated rings. The fourth-order valence-corrected chi connectivity index (χ4v) is 2.25. The first-order valence-corrected chi connectivity index (χ1v) is 7.52. The van der Waals surface area contributed by atoms with Crippen LogP contribution in [0.2, 0.25) is 0 Å². The maximum absolute atomic E-state index is 12.1. The highest BCUT2D eigenvalue weighted by molar-refractivity contribution is 6.05. The average Bonchev–Trinajstić information content (AvgIpc) is 2.54.